The molecule has 28 heavy (non-hydrogen) atoms. The number of benzene rings is 1. The van der Waals surface area contributed by atoms with Gasteiger partial charge in [-0.1, -0.05) is 30.7 Å². The number of fused-ring (bicyclic) bond motifs is 1. The van der Waals surface area contributed by atoms with Crippen LogP contribution in [0.15, 0.2) is 41.6 Å². The maximum Gasteiger partial charge on any atom is 0.256 e. The highest BCUT2D eigenvalue weighted by Crippen LogP contribution is 2.30. The van der Waals surface area contributed by atoms with Crippen LogP contribution in [0.3, 0.4) is 0 Å². The lowest BCUT2D eigenvalue weighted by Gasteiger charge is -2.26. The molecule has 3 aromatic rings. The summed E-state index contributed by atoms with van der Waals surface area (Å²) in [4.78, 5) is 22.6. The Morgan fingerprint density at radius 2 is 2.18 bits per heavy atom. The number of hydrogen-bond donors (Lipinski definition) is 1. The summed E-state index contributed by atoms with van der Waals surface area (Å²) in [5.74, 6) is 0. The van der Waals surface area contributed by atoms with E-state index in [0.717, 1.165) is 60.7 Å². The summed E-state index contributed by atoms with van der Waals surface area (Å²) in [7, 11) is 1.77. The molecule has 0 saturated heterocycles. The maximum atomic E-state index is 12.5. The molecule has 0 unspecified atom stereocenters. The number of nitrogens with one attached hydrogen (secondary N) is 1. The third-order valence-corrected chi connectivity index (χ3v) is 5.84. The first kappa shape index (κ1) is 19.0. The van der Waals surface area contributed by atoms with Gasteiger partial charge in [0.15, 0.2) is 0 Å². The van der Waals surface area contributed by atoms with Crippen molar-refractivity contribution >= 4 is 28.1 Å². The van der Waals surface area contributed by atoms with Crippen LogP contribution in [0.5, 0.6) is 0 Å². The Hall–Kier alpha value is -2.37. The van der Waals surface area contributed by atoms with Crippen molar-refractivity contribution in [3.05, 3.63) is 69.0 Å². The lowest BCUT2D eigenvalue weighted by atomic mass is 9.98. The molecule has 0 aliphatic carbocycles. The highest BCUT2D eigenvalue weighted by Gasteiger charge is 2.17. The second-order valence-corrected chi connectivity index (χ2v) is 7.80. The molecular formula is C22H25ClN4O. The van der Waals surface area contributed by atoms with E-state index in [2.05, 4.69) is 40.1 Å². The topological polar surface area (TPSA) is 53.9 Å². The van der Waals surface area contributed by atoms with Crippen LogP contribution in [0.2, 0.25) is 5.02 Å². The minimum absolute atomic E-state index is 0.0811. The van der Waals surface area contributed by atoms with E-state index in [9.17, 15) is 4.79 Å². The highest BCUT2D eigenvalue weighted by molar-refractivity contribution is 6.31. The third kappa shape index (κ3) is 3.64. The SMILES string of the molecule is CCc1ncn(C)c(=O)c1CCN1CC=C(c2c[nH]c3cc(Cl)ccc23)CC1. The second-order valence-electron chi connectivity index (χ2n) is 7.36. The number of nitrogens with zero attached hydrogens (tertiary/aromatic N) is 3. The van der Waals surface area contributed by atoms with Crippen LogP contribution in [0, 0.1) is 0 Å². The number of H-pyrrole nitrogens is 1. The average Bonchev–Trinajstić information content (AvgIpc) is 3.12. The zero-order valence-corrected chi connectivity index (χ0v) is 17.1. The van der Waals surface area contributed by atoms with Gasteiger partial charge in [0.2, 0.25) is 0 Å². The summed E-state index contributed by atoms with van der Waals surface area (Å²) >= 11 is 6.09. The zero-order valence-electron chi connectivity index (χ0n) is 16.3. The molecule has 1 N–H and O–H groups in total. The smallest absolute Gasteiger partial charge is 0.256 e. The molecule has 6 heteroatoms. The van der Waals surface area contributed by atoms with Crippen LogP contribution in [-0.4, -0.2) is 39.1 Å². The molecule has 0 spiro atoms. The summed E-state index contributed by atoms with van der Waals surface area (Å²) in [5.41, 5.74) is 5.57. The fraction of sp³-hybridized carbons (Fsp3) is 0.364. The van der Waals surface area contributed by atoms with Crippen LogP contribution >= 0.6 is 11.6 Å². The minimum atomic E-state index is 0.0811. The summed E-state index contributed by atoms with van der Waals surface area (Å²) in [6.07, 6.45) is 8.55. The normalized spacial score (nSPS) is 15.2. The van der Waals surface area contributed by atoms with Crippen LogP contribution in [0.1, 0.15) is 30.2 Å². The summed E-state index contributed by atoms with van der Waals surface area (Å²) in [6.45, 7) is 4.82. The molecule has 4 rings (SSSR count). The molecule has 3 heterocycles. The molecule has 0 fully saturated rings. The van der Waals surface area contributed by atoms with Gasteiger partial charge in [0.05, 0.1) is 12.0 Å². The van der Waals surface area contributed by atoms with Crippen molar-refractivity contribution in [1.82, 2.24) is 19.4 Å². The van der Waals surface area contributed by atoms with Crippen molar-refractivity contribution in [3.8, 4) is 0 Å². The monoisotopic (exact) mass is 396 g/mol. The molecule has 1 aromatic carbocycles. The van der Waals surface area contributed by atoms with E-state index in [1.807, 2.05) is 12.1 Å². The van der Waals surface area contributed by atoms with Gasteiger partial charge in [-0.2, -0.15) is 0 Å². The molecule has 1 aliphatic rings. The van der Waals surface area contributed by atoms with Crippen molar-refractivity contribution in [2.24, 2.45) is 7.05 Å². The predicted molar refractivity (Wildman–Crippen MR) is 115 cm³/mol. The van der Waals surface area contributed by atoms with Crippen molar-refractivity contribution in [3.63, 3.8) is 0 Å². The number of hydrogen-bond acceptors (Lipinski definition) is 3. The van der Waals surface area contributed by atoms with Gasteiger partial charge in [0.1, 0.15) is 0 Å². The van der Waals surface area contributed by atoms with E-state index in [1.54, 1.807) is 17.9 Å². The molecule has 2 aromatic heterocycles. The minimum Gasteiger partial charge on any atom is -0.361 e. The van der Waals surface area contributed by atoms with E-state index in [1.165, 1.54) is 16.5 Å². The summed E-state index contributed by atoms with van der Waals surface area (Å²) < 4.78 is 1.58. The molecule has 1 aliphatic heterocycles. The number of aryl methyl sites for hydroxylation is 2. The van der Waals surface area contributed by atoms with Crippen LogP contribution < -0.4 is 5.56 Å². The molecular weight excluding hydrogens is 372 g/mol. The summed E-state index contributed by atoms with van der Waals surface area (Å²) in [6, 6.07) is 5.99. The number of halogens is 1. The van der Waals surface area contributed by atoms with E-state index < -0.39 is 0 Å². The maximum absolute atomic E-state index is 12.5. The molecule has 0 saturated carbocycles. The molecule has 0 atom stereocenters. The number of aromatic amines is 1. The first-order valence-electron chi connectivity index (χ1n) is 9.78. The Morgan fingerprint density at radius 3 is 2.93 bits per heavy atom. The molecule has 5 nitrogen and oxygen atoms in total. The van der Waals surface area contributed by atoms with E-state index in [4.69, 9.17) is 11.6 Å². The van der Waals surface area contributed by atoms with Crippen LogP contribution in [0.25, 0.3) is 16.5 Å². The van der Waals surface area contributed by atoms with Gasteiger partial charge < -0.3 is 9.55 Å². The second kappa shape index (κ2) is 7.94. The Labute approximate surface area is 169 Å². The number of rotatable bonds is 5. The molecule has 0 bridgehead atoms. The Morgan fingerprint density at radius 1 is 1.32 bits per heavy atom. The van der Waals surface area contributed by atoms with Gasteiger partial charge in [-0.25, -0.2) is 4.98 Å². The quantitative estimate of drug-likeness (QED) is 0.713. The molecule has 146 valence electrons. The fourth-order valence-electron chi connectivity index (χ4n) is 3.97. The van der Waals surface area contributed by atoms with E-state index in [0.29, 0.717) is 0 Å². The fourth-order valence-corrected chi connectivity index (χ4v) is 4.14. The van der Waals surface area contributed by atoms with Gasteiger partial charge in [0.25, 0.3) is 5.56 Å². The van der Waals surface area contributed by atoms with Crippen molar-refractivity contribution in [1.29, 1.82) is 0 Å². The zero-order chi connectivity index (χ0) is 19.7. The van der Waals surface area contributed by atoms with E-state index >= 15 is 0 Å². The summed E-state index contributed by atoms with van der Waals surface area (Å²) in [5, 5.41) is 1.97. The standard InChI is InChI=1S/C22H25ClN4O/c1-3-20-18(22(28)26(2)14-25-20)8-11-27-9-6-15(7-10-27)19-13-24-21-12-16(23)4-5-17(19)21/h4-6,12-14,24H,3,7-11H2,1-2H3. The van der Waals surface area contributed by atoms with Crippen molar-refractivity contribution in [2.45, 2.75) is 26.2 Å². The van der Waals surface area contributed by atoms with Crippen molar-refractivity contribution < 1.29 is 0 Å². The average molecular weight is 397 g/mol. The number of aromatic nitrogens is 3. The van der Waals surface area contributed by atoms with Gasteiger partial charge >= 0.3 is 0 Å². The van der Waals surface area contributed by atoms with Gasteiger partial charge in [-0.05, 0) is 37.0 Å². The molecule has 0 radical (unpaired) electrons. The third-order valence-electron chi connectivity index (χ3n) is 5.61. The van der Waals surface area contributed by atoms with Gasteiger partial charge in [-0.3, -0.25) is 9.69 Å². The lowest BCUT2D eigenvalue weighted by Crippen LogP contribution is -2.33. The highest BCUT2D eigenvalue weighted by atomic mass is 35.5. The van der Waals surface area contributed by atoms with Gasteiger partial charge in [-0.15, -0.1) is 0 Å². The Balaban J connectivity index is 1.46. The largest absolute Gasteiger partial charge is 0.361 e. The van der Waals surface area contributed by atoms with Crippen LogP contribution in [-0.2, 0) is 19.9 Å². The van der Waals surface area contributed by atoms with Crippen molar-refractivity contribution in [2.75, 3.05) is 19.6 Å². The predicted octanol–water partition coefficient (Wildman–Crippen LogP) is 3.81. The first-order valence-corrected chi connectivity index (χ1v) is 10.2. The molecule has 0 amide bonds. The Bertz CT molecular complexity index is 1100. The van der Waals surface area contributed by atoms with Crippen LogP contribution in [0.4, 0.5) is 0 Å². The first-order chi connectivity index (χ1) is 13.6. The van der Waals surface area contributed by atoms with E-state index in [-0.39, 0.29) is 5.56 Å². The van der Waals surface area contributed by atoms with Gasteiger partial charge in [0, 0.05) is 59.9 Å². The Kier molecular flexibility index (Phi) is 5.38. The lowest BCUT2D eigenvalue weighted by molar-refractivity contribution is 0.305.